The van der Waals surface area contributed by atoms with Gasteiger partial charge in [-0.1, -0.05) is 53.2 Å². The minimum atomic E-state index is -4.57. The van der Waals surface area contributed by atoms with Crippen LogP contribution in [0.4, 0.5) is 19.1 Å². The van der Waals surface area contributed by atoms with E-state index in [9.17, 15) is 26.4 Å². The maximum Gasteiger partial charge on any atom is 0.433 e. The quantitative estimate of drug-likeness (QED) is 0.416. The summed E-state index contributed by atoms with van der Waals surface area (Å²) in [5.41, 5.74) is 1.33. The molecule has 0 bridgehead atoms. The molecule has 0 spiro atoms. The highest BCUT2D eigenvalue weighted by Gasteiger charge is 2.34. The number of halogens is 3. The molecule has 1 aromatic carbocycles. The minimum absolute atomic E-state index is 0.00568. The maximum absolute atomic E-state index is 13.0. The number of fused-ring (bicyclic) bond motifs is 1. The number of nitrogens with zero attached hydrogens (tertiary/aromatic N) is 4. The normalized spacial score (nSPS) is 12.5. The van der Waals surface area contributed by atoms with Gasteiger partial charge in [-0.05, 0) is 35.4 Å². The zero-order chi connectivity index (χ0) is 29.2. The predicted octanol–water partition coefficient (Wildman–Crippen LogP) is 5.58. The molecule has 3 heterocycles. The highest BCUT2D eigenvalue weighted by Crippen LogP contribution is 2.30. The highest BCUT2D eigenvalue weighted by atomic mass is 32.2. The molecular formula is C27H34F3N5O3S. The third-order valence-electron chi connectivity index (χ3n) is 5.36. The van der Waals surface area contributed by atoms with E-state index in [2.05, 4.69) is 34.1 Å². The van der Waals surface area contributed by atoms with E-state index in [0.717, 1.165) is 17.8 Å². The lowest BCUT2D eigenvalue weighted by Gasteiger charge is -2.16. The van der Waals surface area contributed by atoms with Gasteiger partial charge in [-0.2, -0.15) is 13.2 Å². The van der Waals surface area contributed by atoms with E-state index in [1.165, 1.54) is 24.8 Å². The molecule has 8 nitrogen and oxygen atoms in total. The molecule has 4 rings (SSSR count). The number of carbonyl (C=O) groups excluding carboxylic acids is 1. The molecule has 0 aliphatic carbocycles. The van der Waals surface area contributed by atoms with Gasteiger partial charge in [0, 0.05) is 25.5 Å². The zero-order valence-electron chi connectivity index (χ0n) is 22.7. The summed E-state index contributed by atoms with van der Waals surface area (Å²) in [7, 11) is -3.29. The van der Waals surface area contributed by atoms with Crippen LogP contribution in [0, 0.1) is 0 Å². The first-order valence-corrected chi connectivity index (χ1v) is 14.4. The Balaban J connectivity index is 0.000000998. The molecule has 3 aromatic rings. The van der Waals surface area contributed by atoms with Crippen molar-refractivity contribution in [1.82, 2.24) is 20.3 Å². The van der Waals surface area contributed by atoms with E-state index in [1.54, 1.807) is 30.0 Å². The number of alkyl halides is 3. The fraction of sp³-hybridized carbons (Fsp3) is 0.407. The number of anilines is 1. The summed E-state index contributed by atoms with van der Waals surface area (Å²) < 4.78 is 62.6. The monoisotopic (exact) mass is 565 g/mol. The van der Waals surface area contributed by atoms with Gasteiger partial charge in [-0.25, -0.2) is 18.4 Å². The van der Waals surface area contributed by atoms with Gasteiger partial charge in [0.25, 0.3) is 5.91 Å². The standard InChI is InChI=1S/C22H20F3N5O3S.C3H8.C2H6/c1-2-34(32,33)17-5-3-14(4-6-17)10-28-20(31)15-9-16-12-30(13-18(16)27-11-15)21-26-8-7-19(29-21)22(23,24)25;1-3-2;1-2/h3-9,11H,2,10,12-13H2,1H3,(H,28,31);3H2,1-2H3;1-2H3. The van der Waals surface area contributed by atoms with Crippen molar-refractivity contribution in [2.45, 2.75) is 71.7 Å². The van der Waals surface area contributed by atoms with Gasteiger partial charge >= 0.3 is 6.18 Å². The Hall–Kier alpha value is -3.54. The molecule has 0 saturated heterocycles. The molecular weight excluding hydrogens is 531 g/mol. The molecule has 1 amide bonds. The van der Waals surface area contributed by atoms with E-state index in [1.807, 2.05) is 13.8 Å². The third-order valence-corrected chi connectivity index (χ3v) is 7.11. The molecule has 0 radical (unpaired) electrons. The number of nitrogens with one attached hydrogen (secondary N) is 1. The number of aromatic nitrogens is 3. The van der Waals surface area contributed by atoms with Crippen LogP contribution in [-0.2, 0) is 35.6 Å². The second-order valence-electron chi connectivity index (χ2n) is 8.36. The van der Waals surface area contributed by atoms with Gasteiger partial charge in [0.2, 0.25) is 5.95 Å². The van der Waals surface area contributed by atoms with Crippen LogP contribution >= 0.6 is 0 Å². The number of carbonyl (C=O) groups is 1. The molecule has 0 atom stereocenters. The molecule has 0 unspecified atom stereocenters. The van der Waals surface area contributed by atoms with Crippen molar-refractivity contribution in [1.29, 1.82) is 0 Å². The van der Waals surface area contributed by atoms with Gasteiger partial charge < -0.3 is 10.2 Å². The number of hydrogen-bond acceptors (Lipinski definition) is 7. The summed E-state index contributed by atoms with van der Waals surface area (Å²) in [6.07, 6.45) is -0.857. The van der Waals surface area contributed by atoms with Crippen molar-refractivity contribution in [3.8, 4) is 0 Å². The van der Waals surface area contributed by atoms with Crippen LogP contribution in [0.2, 0.25) is 0 Å². The van der Waals surface area contributed by atoms with Crippen molar-refractivity contribution in [2.24, 2.45) is 0 Å². The summed E-state index contributed by atoms with van der Waals surface area (Å²) >= 11 is 0. The molecule has 2 aromatic heterocycles. The third kappa shape index (κ3) is 8.47. The van der Waals surface area contributed by atoms with Gasteiger partial charge in [-0.3, -0.25) is 9.78 Å². The largest absolute Gasteiger partial charge is 0.433 e. The molecule has 39 heavy (non-hydrogen) atoms. The second kappa shape index (κ2) is 14.0. The summed E-state index contributed by atoms with van der Waals surface area (Å²) in [6, 6.07) is 8.72. The fourth-order valence-electron chi connectivity index (χ4n) is 3.45. The highest BCUT2D eigenvalue weighted by molar-refractivity contribution is 7.91. The fourth-order valence-corrected chi connectivity index (χ4v) is 4.33. The van der Waals surface area contributed by atoms with E-state index in [4.69, 9.17) is 0 Å². The number of benzene rings is 1. The molecule has 0 fully saturated rings. The van der Waals surface area contributed by atoms with E-state index in [0.29, 0.717) is 16.8 Å². The van der Waals surface area contributed by atoms with Gasteiger partial charge in [0.05, 0.1) is 28.5 Å². The Morgan fingerprint density at radius 1 is 1.03 bits per heavy atom. The first kappa shape index (κ1) is 31.7. The van der Waals surface area contributed by atoms with Gasteiger partial charge in [0.15, 0.2) is 9.84 Å². The van der Waals surface area contributed by atoms with Crippen molar-refractivity contribution < 1.29 is 26.4 Å². The molecule has 212 valence electrons. The first-order valence-electron chi connectivity index (χ1n) is 12.7. The van der Waals surface area contributed by atoms with Crippen LogP contribution in [-0.4, -0.2) is 35.0 Å². The lowest BCUT2D eigenvalue weighted by Crippen LogP contribution is -2.23. The summed E-state index contributed by atoms with van der Waals surface area (Å²) in [5.74, 6) is -0.437. The van der Waals surface area contributed by atoms with Gasteiger partial charge in [0.1, 0.15) is 5.69 Å². The maximum atomic E-state index is 13.0. The second-order valence-corrected chi connectivity index (χ2v) is 10.6. The van der Waals surface area contributed by atoms with Crippen molar-refractivity contribution in [2.75, 3.05) is 10.7 Å². The number of pyridine rings is 1. The summed E-state index contributed by atoms with van der Waals surface area (Å²) in [6.45, 7) is 10.5. The molecule has 12 heteroatoms. The average Bonchev–Trinajstić information content (AvgIpc) is 3.37. The first-order chi connectivity index (χ1) is 18.5. The molecule has 0 saturated carbocycles. The minimum Gasteiger partial charge on any atom is -0.348 e. The van der Waals surface area contributed by atoms with Crippen LogP contribution in [0.25, 0.3) is 0 Å². The summed E-state index contributed by atoms with van der Waals surface area (Å²) in [5, 5.41) is 2.75. The Bertz CT molecular complexity index is 1350. The van der Waals surface area contributed by atoms with E-state index in [-0.39, 0.29) is 42.1 Å². The van der Waals surface area contributed by atoms with Crippen LogP contribution in [0.1, 0.15) is 73.9 Å². The summed E-state index contributed by atoms with van der Waals surface area (Å²) in [4.78, 5) is 26.2. The van der Waals surface area contributed by atoms with Crippen LogP contribution in [0.3, 0.4) is 0 Å². The van der Waals surface area contributed by atoms with Crippen LogP contribution in [0.5, 0.6) is 0 Å². The number of rotatable bonds is 6. The van der Waals surface area contributed by atoms with Crippen molar-refractivity contribution in [3.05, 3.63) is 76.9 Å². The number of hydrogen-bond donors (Lipinski definition) is 1. The Morgan fingerprint density at radius 3 is 2.26 bits per heavy atom. The smallest absolute Gasteiger partial charge is 0.348 e. The van der Waals surface area contributed by atoms with Gasteiger partial charge in [-0.15, -0.1) is 0 Å². The molecule has 1 aliphatic heterocycles. The van der Waals surface area contributed by atoms with E-state index < -0.39 is 21.7 Å². The Labute approximate surface area is 227 Å². The zero-order valence-corrected chi connectivity index (χ0v) is 23.5. The Morgan fingerprint density at radius 2 is 1.67 bits per heavy atom. The SMILES string of the molecule is CC.CCC.CCS(=O)(=O)c1ccc(CNC(=O)c2cnc3c(c2)CN(c2nccc(C(F)(F)F)n2)C3)cc1. The van der Waals surface area contributed by atoms with Crippen molar-refractivity contribution >= 4 is 21.7 Å². The van der Waals surface area contributed by atoms with Crippen LogP contribution < -0.4 is 10.2 Å². The number of sulfone groups is 1. The Kier molecular flexibility index (Phi) is 11.4. The van der Waals surface area contributed by atoms with Crippen molar-refractivity contribution in [3.63, 3.8) is 0 Å². The number of amides is 1. The topological polar surface area (TPSA) is 105 Å². The lowest BCUT2D eigenvalue weighted by molar-refractivity contribution is -0.141. The molecule has 1 N–H and O–H groups in total. The molecule has 1 aliphatic rings. The van der Waals surface area contributed by atoms with E-state index >= 15 is 0 Å². The lowest BCUT2D eigenvalue weighted by atomic mass is 10.1. The predicted molar refractivity (Wildman–Crippen MR) is 144 cm³/mol. The van der Waals surface area contributed by atoms with Crippen LogP contribution in [0.15, 0.2) is 53.7 Å². The average molecular weight is 566 g/mol.